The molecule has 0 bridgehead atoms. The molecule has 0 spiro atoms. The van der Waals surface area contributed by atoms with Crippen molar-refractivity contribution in [3.8, 4) is 6.07 Å². The summed E-state index contributed by atoms with van der Waals surface area (Å²) >= 11 is 6.86. The number of thiazole rings is 1. The average molecular weight is 353 g/mol. The van der Waals surface area contributed by atoms with Crippen LogP contribution in [0.3, 0.4) is 0 Å². The van der Waals surface area contributed by atoms with E-state index in [1.54, 1.807) is 12.3 Å². The van der Waals surface area contributed by atoms with Gasteiger partial charge in [-0.15, -0.1) is 11.3 Å². The molecule has 2 aromatic rings. The first kappa shape index (κ1) is 17.1. The second-order valence-electron chi connectivity index (χ2n) is 4.56. The van der Waals surface area contributed by atoms with Crippen molar-refractivity contribution in [2.75, 3.05) is 6.61 Å². The number of rotatable bonds is 5. The highest BCUT2D eigenvalue weighted by Gasteiger charge is 2.25. The van der Waals surface area contributed by atoms with E-state index in [2.05, 4.69) is 4.98 Å². The zero-order valence-corrected chi connectivity index (χ0v) is 13.4. The Bertz CT molecular complexity index is 800. The van der Waals surface area contributed by atoms with Crippen molar-refractivity contribution in [3.63, 3.8) is 0 Å². The van der Waals surface area contributed by atoms with Crippen molar-refractivity contribution in [1.29, 1.82) is 5.26 Å². The molecule has 0 saturated carbocycles. The number of halogens is 2. The van der Waals surface area contributed by atoms with E-state index in [4.69, 9.17) is 21.6 Å². The lowest BCUT2D eigenvalue weighted by Gasteiger charge is -2.07. The minimum atomic E-state index is -1.12. The van der Waals surface area contributed by atoms with Gasteiger partial charge in [0.2, 0.25) is 0 Å². The highest BCUT2D eigenvalue weighted by Crippen LogP contribution is 2.21. The number of aromatic nitrogens is 1. The molecule has 8 heteroatoms. The summed E-state index contributed by atoms with van der Waals surface area (Å²) in [6.45, 7) is 1.09. The summed E-state index contributed by atoms with van der Waals surface area (Å²) in [5, 5.41) is 11.3. The van der Waals surface area contributed by atoms with E-state index >= 15 is 0 Å². The maximum absolute atomic E-state index is 13.5. The number of Topliss-reactive ketones (excluding diaryl/α,β-unsaturated/α-hetero) is 1. The van der Waals surface area contributed by atoms with E-state index < -0.39 is 30.1 Å². The number of benzene rings is 1. The lowest BCUT2D eigenvalue weighted by molar-refractivity contribution is -0.122. The van der Waals surface area contributed by atoms with Gasteiger partial charge in [-0.25, -0.2) is 14.2 Å². The monoisotopic (exact) mass is 352 g/mol. The Morgan fingerprint density at radius 3 is 2.87 bits per heavy atom. The first-order valence-corrected chi connectivity index (χ1v) is 7.64. The predicted octanol–water partition coefficient (Wildman–Crippen LogP) is 3.28. The van der Waals surface area contributed by atoms with Crippen molar-refractivity contribution in [3.05, 3.63) is 50.7 Å². The van der Waals surface area contributed by atoms with E-state index in [1.165, 1.54) is 17.4 Å². The van der Waals surface area contributed by atoms with Crippen LogP contribution in [0.25, 0.3) is 0 Å². The molecule has 0 radical (unpaired) electrons. The van der Waals surface area contributed by atoms with Gasteiger partial charge in [0, 0.05) is 16.1 Å². The molecular formula is C15H10ClFN2O3S. The van der Waals surface area contributed by atoms with Crippen LogP contribution in [0.15, 0.2) is 23.6 Å². The Kier molecular flexibility index (Phi) is 5.42. The maximum atomic E-state index is 13.5. The summed E-state index contributed by atoms with van der Waals surface area (Å²) in [6, 6.07) is 5.25. The van der Waals surface area contributed by atoms with Crippen LogP contribution in [0.4, 0.5) is 4.39 Å². The summed E-state index contributed by atoms with van der Waals surface area (Å²) in [4.78, 5) is 27.9. The number of nitrogens with zero attached hydrogens (tertiary/aromatic N) is 2. The number of hydrogen-bond donors (Lipinski definition) is 0. The maximum Gasteiger partial charge on any atom is 0.341 e. The molecule has 1 heterocycles. The number of ether oxygens (including phenoxy) is 1. The summed E-state index contributed by atoms with van der Waals surface area (Å²) in [7, 11) is 0. The molecule has 0 fully saturated rings. The van der Waals surface area contributed by atoms with E-state index in [0.29, 0.717) is 10.7 Å². The number of esters is 1. The fraction of sp³-hybridized carbons (Fsp3) is 0.200. The Labute approximate surface area is 140 Å². The first-order chi connectivity index (χ1) is 10.9. The third-order valence-electron chi connectivity index (χ3n) is 2.83. The predicted molar refractivity (Wildman–Crippen MR) is 81.9 cm³/mol. The number of carbonyl (C=O) groups is 2. The first-order valence-electron chi connectivity index (χ1n) is 6.39. The highest BCUT2D eigenvalue weighted by atomic mass is 35.5. The smallest absolute Gasteiger partial charge is 0.341 e. The number of ketones is 1. The van der Waals surface area contributed by atoms with Crippen LogP contribution < -0.4 is 0 Å². The topological polar surface area (TPSA) is 80.0 Å². The minimum absolute atomic E-state index is 0.165. The Morgan fingerprint density at radius 1 is 1.52 bits per heavy atom. The molecule has 5 nitrogen and oxygen atoms in total. The lowest BCUT2D eigenvalue weighted by Crippen LogP contribution is -2.20. The van der Waals surface area contributed by atoms with Crippen LogP contribution in [0.1, 0.15) is 27.0 Å². The number of nitriles is 1. The Hall–Kier alpha value is -2.30. The van der Waals surface area contributed by atoms with Gasteiger partial charge in [0.1, 0.15) is 10.8 Å². The molecule has 0 N–H and O–H groups in total. The van der Waals surface area contributed by atoms with Crippen LogP contribution in [0.5, 0.6) is 0 Å². The molecule has 1 atom stereocenters. The summed E-state index contributed by atoms with van der Waals surface area (Å²) in [6.07, 6.45) is 0. The molecule has 1 aromatic heterocycles. The molecule has 0 amide bonds. The van der Waals surface area contributed by atoms with Crippen LogP contribution >= 0.6 is 22.9 Å². The summed E-state index contributed by atoms with van der Waals surface area (Å²) in [5.41, 5.74) is 0.319. The van der Waals surface area contributed by atoms with Gasteiger partial charge < -0.3 is 4.74 Å². The van der Waals surface area contributed by atoms with Crippen molar-refractivity contribution < 1.29 is 18.7 Å². The van der Waals surface area contributed by atoms with Crippen LogP contribution in [0.2, 0.25) is 5.02 Å². The molecule has 118 valence electrons. The van der Waals surface area contributed by atoms with Crippen molar-refractivity contribution in [2.24, 2.45) is 0 Å². The molecule has 0 unspecified atom stereocenters. The standard InChI is InChI=1S/C15H10ClFN2O3S/c1-8-7-23-14(19-8)11(5-18)13(20)6-22-15(21)10-4-9(16)2-3-12(10)17/h2-4,7,11H,6H2,1H3/t11-/m1/s1. The van der Waals surface area contributed by atoms with Gasteiger partial charge in [-0.2, -0.15) is 5.26 Å². The second-order valence-corrected chi connectivity index (χ2v) is 5.88. The molecule has 0 saturated heterocycles. The van der Waals surface area contributed by atoms with Gasteiger partial charge in [-0.1, -0.05) is 11.6 Å². The van der Waals surface area contributed by atoms with Crippen LogP contribution in [-0.2, 0) is 9.53 Å². The zero-order valence-electron chi connectivity index (χ0n) is 11.9. The number of aryl methyl sites for hydroxylation is 1. The van der Waals surface area contributed by atoms with Crippen LogP contribution in [-0.4, -0.2) is 23.3 Å². The second kappa shape index (κ2) is 7.31. The van der Waals surface area contributed by atoms with Crippen LogP contribution in [0, 0.1) is 24.1 Å². The molecule has 2 rings (SSSR count). The van der Waals surface area contributed by atoms with Gasteiger partial charge in [-0.3, -0.25) is 4.79 Å². The van der Waals surface area contributed by atoms with E-state index in [-0.39, 0.29) is 10.6 Å². The van der Waals surface area contributed by atoms with Crippen molar-refractivity contribution >= 4 is 34.7 Å². The number of carbonyl (C=O) groups excluding carboxylic acids is 2. The molecular weight excluding hydrogens is 343 g/mol. The lowest BCUT2D eigenvalue weighted by atomic mass is 10.1. The summed E-state index contributed by atoms with van der Waals surface area (Å²) < 4.78 is 18.3. The summed E-state index contributed by atoms with van der Waals surface area (Å²) in [5.74, 6) is -3.58. The molecule has 23 heavy (non-hydrogen) atoms. The van der Waals surface area contributed by atoms with Gasteiger partial charge in [0.25, 0.3) is 0 Å². The van der Waals surface area contributed by atoms with Crippen molar-refractivity contribution in [2.45, 2.75) is 12.8 Å². The van der Waals surface area contributed by atoms with Gasteiger partial charge in [0.15, 0.2) is 18.3 Å². The third kappa shape index (κ3) is 4.12. The minimum Gasteiger partial charge on any atom is -0.454 e. The quantitative estimate of drug-likeness (QED) is 0.771. The van der Waals surface area contributed by atoms with Gasteiger partial charge in [0.05, 0.1) is 11.6 Å². The van der Waals surface area contributed by atoms with Crippen molar-refractivity contribution in [1.82, 2.24) is 4.98 Å². The normalized spacial score (nSPS) is 11.6. The molecule has 1 aromatic carbocycles. The Balaban J connectivity index is 2.05. The SMILES string of the molecule is Cc1csc([C@H](C#N)C(=O)COC(=O)c2cc(Cl)ccc2F)n1. The fourth-order valence-electron chi connectivity index (χ4n) is 1.72. The van der Waals surface area contributed by atoms with Gasteiger partial charge >= 0.3 is 5.97 Å². The van der Waals surface area contributed by atoms with E-state index in [9.17, 15) is 14.0 Å². The highest BCUT2D eigenvalue weighted by molar-refractivity contribution is 7.09. The average Bonchev–Trinajstić information content (AvgIpc) is 2.94. The molecule has 0 aliphatic rings. The van der Waals surface area contributed by atoms with Gasteiger partial charge in [-0.05, 0) is 25.1 Å². The molecule has 0 aliphatic heterocycles. The Morgan fingerprint density at radius 2 is 2.26 bits per heavy atom. The molecule has 0 aliphatic carbocycles. The van der Waals surface area contributed by atoms with E-state index in [1.807, 2.05) is 6.07 Å². The zero-order chi connectivity index (χ0) is 17.0. The third-order valence-corrected chi connectivity index (χ3v) is 4.09. The fourth-order valence-corrected chi connectivity index (χ4v) is 2.75. The largest absolute Gasteiger partial charge is 0.454 e. The number of hydrogen-bond acceptors (Lipinski definition) is 6. The van der Waals surface area contributed by atoms with E-state index in [0.717, 1.165) is 12.1 Å².